The third-order valence-corrected chi connectivity index (χ3v) is 3.04. The van der Waals surface area contributed by atoms with Crippen molar-refractivity contribution in [3.63, 3.8) is 0 Å². The van der Waals surface area contributed by atoms with Gasteiger partial charge in [0.05, 0.1) is 6.10 Å². The van der Waals surface area contributed by atoms with E-state index in [-0.39, 0.29) is 0 Å². The minimum absolute atomic E-state index is 0.400. The van der Waals surface area contributed by atoms with Gasteiger partial charge in [-0.1, -0.05) is 36.4 Å². The number of rotatable bonds is 4. The Labute approximate surface area is 101 Å². The van der Waals surface area contributed by atoms with Gasteiger partial charge in [0, 0.05) is 5.88 Å². The fraction of sp³-hybridized carbons (Fsp3) is 0.286. The zero-order valence-corrected chi connectivity index (χ0v) is 9.82. The molecule has 0 spiro atoms. The fourth-order valence-electron chi connectivity index (χ4n) is 1.85. The molecule has 2 aromatic carbocycles. The lowest BCUT2D eigenvalue weighted by Crippen LogP contribution is -1.97. The SMILES string of the molecule is OC(CCCCl)c1ccc2ccccc2c1. The Morgan fingerprint density at radius 3 is 2.56 bits per heavy atom. The topological polar surface area (TPSA) is 20.2 Å². The van der Waals surface area contributed by atoms with Crippen LogP contribution < -0.4 is 0 Å². The van der Waals surface area contributed by atoms with E-state index in [4.69, 9.17) is 11.6 Å². The molecular weight excluding hydrogens is 220 g/mol. The van der Waals surface area contributed by atoms with Gasteiger partial charge in [0.25, 0.3) is 0 Å². The highest BCUT2D eigenvalue weighted by atomic mass is 35.5. The second-order valence-corrected chi connectivity index (χ2v) is 4.33. The smallest absolute Gasteiger partial charge is 0.0790 e. The standard InChI is InChI=1S/C14H15ClO/c15-9-3-6-14(16)13-8-7-11-4-1-2-5-12(11)10-13/h1-2,4-5,7-8,10,14,16H,3,6,9H2. The van der Waals surface area contributed by atoms with E-state index in [9.17, 15) is 5.11 Å². The van der Waals surface area contributed by atoms with Crippen LogP contribution in [0.5, 0.6) is 0 Å². The molecule has 1 nitrogen and oxygen atoms in total. The van der Waals surface area contributed by atoms with E-state index >= 15 is 0 Å². The van der Waals surface area contributed by atoms with Crippen molar-refractivity contribution in [3.05, 3.63) is 48.0 Å². The Morgan fingerprint density at radius 1 is 1.06 bits per heavy atom. The minimum atomic E-state index is -0.400. The second-order valence-electron chi connectivity index (χ2n) is 3.95. The van der Waals surface area contributed by atoms with E-state index in [1.165, 1.54) is 10.8 Å². The van der Waals surface area contributed by atoms with Crippen molar-refractivity contribution in [2.45, 2.75) is 18.9 Å². The summed E-state index contributed by atoms with van der Waals surface area (Å²) in [6, 6.07) is 14.3. The predicted octanol–water partition coefficient (Wildman–Crippen LogP) is 3.89. The molecular formula is C14H15ClO. The largest absolute Gasteiger partial charge is 0.388 e. The summed E-state index contributed by atoms with van der Waals surface area (Å²) >= 11 is 5.62. The van der Waals surface area contributed by atoms with Crippen LogP contribution in [0.2, 0.25) is 0 Å². The number of benzene rings is 2. The van der Waals surface area contributed by atoms with Crippen LogP contribution in [0.25, 0.3) is 10.8 Å². The van der Waals surface area contributed by atoms with Crippen LogP contribution in [0, 0.1) is 0 Å². The molecule has 0 heterocycles. The van der Waals surface area contributed by atoms with Gasteiger partial charge in [-0.25, -0.2) is 0 Å². The Balaban J connectivity index is 2.25. The Kier molecular flexibility index (Phi) is 3.81. The predicted molar refractivity (Wildman–Crippen MR) is 68.9 cm³/mol. The number of fused-ring (bicyclic) bond motifs is 1. The molecule has 0 fully saturated rings. The molecule has 0 radical (unpaired) electrons. The highest BCUT2D eigenvalue weighted by Crippen LogP contribution is 2.23. The van der Waals surface area contributed by atoms with Gasteiger partial charge in [0.2, 0.25) is 0 Å². The maximum atomic E-state index is 9.95. The first kappa shape index (κ1) is 11.4. The number of aliphatic hydroxyl groups excluding tert-OH is 1. The number of hydrogen-bond donors (Lipinski definition) is 1. The van der Waals surface area contributed by atoms with Crippen LogP contribution in [0.15, 0.2) is 42.5 Å². The summed E-state index contributed by atoms with van der Waals surface area (Å²) in [5, 5.41) is 12.3. The van der Waals surface area contributed by atoms with Crippen LogP contribution in [-0.2, 0) is 0 Å². The minimum Gasteiger partial charge on any atom is -0.388 e. The van der Waals surface area contributed by atoms with Gasteiger partial charge >= 0.3 is 0 Å². The molecule has 2 heteroatoms. The Bertz CT molecular complexity index is 467. The fourth-order valence-corrected chi connectivity index (χ4v) is 2.01. The van der Waals surface area contributed by atoms with Crippen LogP contribution in [0.3, 0.4) is 0 Å². The molecule has 0 saturated carbocycles. The summed E-state index contributed by atoms with van der Waals surface area (Å²) in [6.07, 6.45) is 1.17. The van der Waals surface area contributed by atoms with Crippen molar-refractivity contribution in [3.8, 4) is 0 Å². The number of alkyl halides is 1. The van der Waals surface area contributed by atoms with Gasteiger partial charge in [-0.3, -0.25) is 0 Å². The number of hydrogen-bond acceptors (Lipinski definition) is 1. The molecule has 0 aromatic heterocycles. The molecule has 16 heavy (non-hydrogen) atoms. The monoisotopic (exact) mass is 234 g/mol. The van der Waals surface area contributed by atoms with E-state index in [0.29, 0.717) is 5.88 Å². The van der Waals surface area contributed by atoms with Crippen molar-refractivity contribution in [2.75, 3.05) is 5.88 Å². The maximum Gasteiger partial charge on any atom is 0.0790 e. The van der Waals surface area contributed by atoms with E-state index in [0.717, 1.165) is 18.4 Å². The molecule has 0 bridgehead atoms. The summed E-state index contributed by atoms with van der Waals surface area (Å²) in [7, 11) is 0. The van der Waals surface area contributed by atoms with Crippen LogP contribution in [0.4, 0.5) is 0 Å². The maximum absolute atomic E-state index is 9.95. The third-order valence-electron chi connectivity index (χ3n) is 2.77. The van der Waals surface area contributed by atoms with Crippen LogP contribution in [0.1, 0.15) is 24.5 Å². The number of aliphatic hydroxyl groups is 1. The Morgan fingerprint density at radius 2 is 1.81 bits per heavy atom. The first-order chi connectivity index (χ1) is 7.81. The van der Waals surface area contributed by atoms with Gasteiger partial charge < -0.3 is 5.11 Å². The highest BCUT2D eigenvalue weighted by Gasteiger charge is 2.07. The first-order valence-electron chi connectivity index (χ1n) is 5.54. The van der Waals surface area contributed by atoms with Gasteiger partial charge in [-0.2, -0.15) is 0 Å². The molecule has 0 aliphatic heterocycles. The Hall–Kier alpha value is -1.05. The summed E-state index contributed by atoms with van der Waals surface area (Å²) in [6.45, 7) is 0. The molecule has 0 aliphatic rings. The van der Waals surface area contributed by atoms with E-state index in [2.05, 4.69) is 18.2 Å². The third kappa shape index (κ3) is 2.55. The molecule has 84 valence electrons. The molecule has 1 unspecified atom stereocenters. The lowest BCUT2D eigenvalue weighted by molar-refractivity contribution is 0.167. The average Bonchev–Trinajstić information content (AvgIpc) is 2.35. The molecule has 1 N–H and O–H groups in total. The molecule has 0 aliphatic carbocycles. The van der Waals surface area contributed by atoms with E-state index in [1.807, 2.05) is 24.3 Å². The summed E-state index contributed by atoms with van der Waals surface area (Å²) in [5.41, 5.74) is 0.976. The van der Waals surface area contributed by atoms with Crippen LogP contribution in [-0.4, -0.2) is 11.0 Å². The van der Waals surface area contributed by atoms with Gasteiger partial charge in [-0.15, -0.1) is 11.6 Å². The normalized spacial score (nSPS) is 12.9. The second kappa shape index (κ2) is 5.33. The van der Waals surface area contributed by atoms with Gasteiger partial charge in [0.1, 0.15) is 0 Å². The van der Waals surface area contributed by atoms with Crippen molar-refractivity contribution in [1.82, 2.24) is 0 Å². The first-order valence-corrected chi connectivity index (χ1v) is 6.07. The van der Waals surface area contributed by atoms with Crippen molar-refractivity contribution >= 4 is 22.4 Å². The molecule has 2 rings (SSSR count). The van der Waals surface area contributed by atoms with Gasteiger partial charge in [0.15, 0.2) is 0 Å². The highest BCUT2D eigenvalue weighted by molar-refractivity contribution is 6.17. The van der Waals surface area contributed by atoms with E-state index < -0.39 is 6.10 Å². The molecule has 1 atom stereocenters. The van der Waals surface area contributed by atoms with Crippen molar-refractivity contribution in [2.24, 2.45) is 0 Å². The van der Waals surface area contributed by atoms with E-state index in [1.54, 1.807) is 0 Å². The lowest BCUT2D eigenvalue weighted by atomic mass is 10.0. The number of halogens is 1. The summed E-state index contributed by atoms with van der Waals surface area (Å²) < 4.78 is 0. The molecule has 2 aromatic rings. The van der Waals surface area contributed by atoms with Crippen LogP contribution >= 0.6 is 11.6 Å². The lowest BCUT2D eigenvalue weighted by Gasteiger charge is -2.10. The summed E-state index contributed by atoms with van der Waals surface area (Å²) in [5.74, 6) is 0.602. The molecule has 0 saturated heterocycles. The van der Waals surface area contributed by atoms with Crippen molar-refractivity contribution in [1.29, 1.82) is 0 Å². The van der Waals surface area contributed by atoms with Gasteiger partial charge in [-0.05, 0) is 35.2 Å². The summed E-state index contributed by atoms with van der Waals surface area (Å²) in [4.78, 5) is 0. The zero-order valence-electron chi connectivity index (χ0n) is 9.07. The quantitative estimate of drug-likeness (QED) is 0.796. The average molecular weight is 235 g/mol. The zero-order chi connectivity index (χ0) is 11.4. The van der Waals surface area contributed by atoms with Crippen molar-refractivity contribution < 1.29 is 5.11 Å². The molecule has 0 amide bonds.